The second kappa shape index (κ2) is 8.24. The summed E-state index contributed by atoms with van der Waals surface area (Å²) < 4.78 is 27.8. The Bertz CT molecular complexity index is 1170. The Balaban J connectivity index is 1.87. The highest BCUT2D eigenvalue weighted by Gasteiger charge is 2.37. The summed E-state index contributed by atoms with van der Waals surface area (Å²) in [6, 6.07) is 8.30. The molecule has 0 fully saturated rings. The Morgan fingerprint density at radius 3 is 2.10 bits per heavy atom. The summed E-state index contributed by atoms with van der Waals surface area (Å²) in [5.74, 6) is -1.44. The smallest absolute Gasteiger partial charge is 0.264 e. The summed E-state index contributed by atoms with van der Waals surface area (Å²) in [6.45, 7) is 4.91. The number of carbonyl (C=O) groups excluding carboxylic acids is 3. The first-order valence-corrected chi connectivity index (χ1v) is 11.4. The van der Waals surface area contributed by atoms with E-state index in [0.29, 0.717) is 16.8 Å². The van der Waals surface area contributed by atoms with Crippen molar-refractivity contribution in [3.05, 3.63) is 63.7 Å². The third kappa shape index (κ3) is 4.38. The van der Waals surface area contributed by atoms with Gasteiger partial charge in [-0.15, -0.1) is 0 Å². The van der Waals surface area contributed by atoms with Crippen LogP contribution in [0.1, 0.15) is 43.0 Å². The van der Waals surface area contributed by atoms with Crippen molar-refractivity contribution in [3.8, 4) is 0 Å². The number of carbonyl (C=O) groups is 3. The normalized spacial score (nSPS) is 13.5. The van der Waals surface area contributed by atoms with E-state index in [4.69, 9.17) is 4.18 Å². The molecule has 164 valence electrons. The van der Waals surface area contributed by atoms with Gasteiger partial charge in [0.1, 0.15) is 6.54 Å². The van der Waals surface area contributed by atoms with Gasteiger partial charge in [0.15, 0.2) is 0 Å². The van der Waals surface area contributed by atoms with E-state index in [2.05, 4.69) is 0 Å². The molecule has 0 bridgehead atoms. The number of benzene rings is 2. The van der Waals surface area contributed by atoms with E-state index < -0.39 is 34.4 Å². The zero-order valence-electron chi connectivity index (χ0n) is 18.1. The highest BCUT2D eigenvalue weighted by molar-refractivity contribution is 7.85. The molecule has 0 N–H and O–H groups in total. The lowest BCUT2D eigenvalue weighted by molar-refractivity contribution is -0.118. The van der Waals surface area contributed by atoms with E-state index in [1.807, 2.05) is 19.9 Å². The molecule has 1 aliphatic rings. The van der Waals surface area contributed by atoms with Gasteiger partial charge in [-0.1, -0.05) is 18.2 Å². The molecule has 3 rings (SSSR count). The topological polar surface area (TPSA) is 101 Å². The maximum absolute atomic E-state index is 13.0. The fourth-order valence-electron chi connectivity index (χ4n) is 3.87. The number of hydrogen-bond acceptors (Lipinski definition) is 6. The zero-order valence-corrected chi connectivity index (χ0v) is 18.9. The predicted octanol–water partition coefficient (Wildman–Crippen LogP) is 2.35. The van der Waals surface area contributed by atoms with Gasteiger partial charge in [0, 0.05) is 12.7 Å². The molecule has 8 nitrogen and oxygen atoms in total. The van der Waals surface area contributed by atoms with Crippen LogP contribution in [0, 0.1) is 20.8 Å². The van der Waals surface area contributed by atoms with Crippen molar-refractivity contribution in [2.75, 3.05) is 24.7 Å². The lowest BCUT2D eigenvalue weighted by Gasteiger charge is -2.26. The maximum Gasteiger partial charge on any atom is 0.264 e. The van der Waals surface area contributed by atoms with Crippen molar-refractivity contribution in [1.82, 2.24) is 4.90 Å². The van der Waals surface area contributed by atoms with E-state index in [9.17, 15) is 22.8 Å². The van der Waals surface area contributed by atoms with Gasteiger partial charge in [0.25, 0.3) is 21.9 Å². The van der Waals surface area contributed by atoms with Crippen molar-refractivity contribution in [2.45, 2.75) is 27.4 Å². The highest BCUT2D eigenvalue weighted by atomic mass is 32.2. The fourth-order valence-corrected chi connectivity index (χ4v) is 4.20. The summed E-state index contributed by atoms with van der Waals surface area (Å²) in [7, 11) is -2.07. The molecule has 1 heterocycles. The Hall–Kier alpha value is -3.04. The standard InChI is InChI=1S/C22H24N2O6S/c1-13-10-14(2)20(15(3)18(13)12-30-31(5,28)29)23(4)19(25)11-24-21(26)16-8-6-7-9-17(16)22(24)27/h6-10H,11-12H2,1-5H3. The summed E-state index contributed by atoms with van der Waals surface area (Å²) in [5, 5.41) is 0. The number of imide groups is 1. The number of nitrogens with zero attached hydrogens (tertiary/aromatic N) is 2. The van der Waals surface area contributed by atoms with Crippen molar-refractivity contribution < 1.29 is 27.0 Å². The van der Waals surface area contributed by atoms with Crippen LogP contribution in [0.2, 0.25) is 0 Å². The fraction of sp³-hybridized carbons (Fsp3) is 0.318. The lowest BCUT2D eigenvalue weighted by Crippen LogP contribution is -2.41. The average Bonchev–Trinajstić information content (AvgIpc) is 2.91. The molecule has 2 aromatic rings. The largest absolute Gasteiger partial charge is 0.313 e. The first-order valence-electron chi connectivity index (χ1n) is 9.58. The molecule has 0 saturated carbocycles. The molecule has 1 aliphatic heterocycles. The first kappa shape index (κ1) is 22.6. The van der Waals surface area contributed by atoms with E-state index in [1.54, 1.807) is 38.2 Å². The number of anilines is 1. The van der Waals surface area contributed by atoms with Gasteiger partial charge in [-0.25, -0.2) is 0 Å². The van der Waals surface area contributed by atoms with E-state index >= 15 is 0 Å². The highest BCUT2D eigenvalue weighted by Crippen LogP contribution is 2.31. The van der Waals surface area contributed by atoms with Crippen LogP contribution < -0.4 is 4.90 Å². The molecular weight excluding hydrogens is 420 g/mol. The number of rotatable bonds is 6. The van der Waals surface area contributed by atoms with Gasteiger partial charge in [0.2, 0.25) is 5.91 Å². The van der Waals surface area contributed by atoms with Crippen molar-refractivity contribution in [3.63, 3.8) is 0 Å². The Kier molecular flexibility index (Phi) is 6.02. The molecule has 2 aromatic carbocycles. The molecule has 0 radical (unpaired) electrons. The lowest BCUT2D eigenvalue weighted by atomic mass is 9.97. The minimum atomic E-state index is -3.63. The SMILES string of the molecule is Cc1cc(C)c(N(C)C(=O)CN2C(=O)c3ccccc3C2=O)c(C)c1COS(C)(=O)=O. The number of amides is 3. The zero-order chi connectivity index (χ0) is 23.1. The van der Waals surface area contributed by atoms with Crippen LogP contribution in [0.5, 0.6) is 0 Å². The predicted molar refractivity (Wildman–Crippen MR) is 116 cm³/mol. The monoisotopic (exact) mass is 444 g/mol. The minimum absolute atomic E-state index is 0.149. The van der Waals surface area contributed by atoms with Crippen LogP contribution in [-0.4, -0.2) is 50.9 Å². The van der Waals surface area contributed by atoms with Crippen molar-refractivity contribution >= 4 is 33.5 Å². The molecule has 0 aliphatic carbocycles. The summed E-state index contributed by atoms with van der Waals surface area (Å²) in [6.07, 6.45) is 0.977. The second-order valence-corrected chi connectivity index (χ2v) is 9.27. The quantitative estimate of drug-likeness (QED) is 0.501. The Labute approximate surface area is 181 Å². The summed E-state index contributed by atoms with van der Waals surface area (Å²) in [5.41, 5.74) is 4.14. The van der Waals surface area contributed by atoms with E-state index in [0.717, 1.165) is 22.3 Å². The summed E-state index contributed by atoms with van der Waals surface area (Å²) in [4.78, 5) is 40.5. The van der Waals surface area contributed by atoms with E-state index in [1.165, 1.54) is 4.90 Å². The van der Waals surface area contributed by atoms with Crippen LogP contribution in [0.25, 0.3) is 0 Å². The molecule has 0 unspecified atom stereocenters. The first-order chi connectivity index (χ1) is 14.4. The molecule has 0 saturated heterocycles. The number of fused-ring (bicyclic) bond motifs is 1. The molecule has 9 heteroatoms. The molecule has 0 spiro atoms. The van der Waals surface area contributed by atoms with Crippen LogP contribution in [0.3, 0.4) is 0 Å². The average molecular weight is 445 g/mol. The van der Waals surface area contributed by atoms with Crippen molar-refractivity contribution in [2.24, 2.45) is 0 Å². The minimum Gasteiger partial charge on any atom is -0.313 e. The molecular formula is C22H24N2O6S. The van der Waals surface area contributed by atoms with Gasteiger partial charge in [-0.3, -0.25) is 23.5 Å². The maximum atomic E-state index is 13.0. The van der Waals surface area contributed by atoms with E-state index in [-0.39, 0.29) is 17.7 Å². The Morgan fingerprint density at radius 2 is 1.58 bits per heavy atom. The number of hydrogen-bond donors (Lipinski definition) is 0. The van der Waals surface area contributed by atoms with Gasteiger partial charge in [0.05, 0.1) is 24.0 Å². The Morgan fingerprint density at radius 1 is 1.03 bits per heavy atom. The van der Waals surface area contributed by atoms with Crippen LogP contribution in [0.4, 0.5) is 5.69 Å². The third-order valence-electron chi connectivity index (χ3n) is 5.39. The van der Waals surface area contributed by atoms with Gasteiger partial charge in [-0.2, -0.15) is 8.42 Å². The molecule has 0 aromatic heterocycles. The van der Waals surface area contributed by atoms with Crippen LogP contribution in [0.15, 0.2) is 30.3 Å². The molecule has 31 heavy (non-hydrogen) atoms. The molecule has 3 amide bonds. The summed E-state index contributed by atoms with van der Waals surface area (Å²) >= 11 is 0. The van der Waals surface area contributed by atoms with Gasteiger partial charge < -0.3 is 4.90 Å². The second-order valence-electron chi connectivity index (χ2n) is 7.62. The van der Waals surface area contributed by atoms with Crippen LogP contribution in [-0.2, 0) is 25.7 Å². The van der Waals surface area contributed by atoms with Crippen molar-refractivity contribution in [1.29, 1.82) is 0 Å². The van der Waals surface area contributed by atoms with Gasteiger partial charge >= 0.3 is 0 Å². The number of aryl methyl sites for hydroxylation is 2. The number of likely N-dealkylation sites (N-methyl/N-ethyl adjacent to an activating group) is 1. The van der Waals surface area contributed by atoms with Gasteiger partial charge in [-0.05, 0) is 55.2 Å². The van der Waals surface area contributed by atoms with Crippen LogP contribution >= 0.6 is 0 Å². The third-order valence-corrected chi connectivity index (χ3v) is 5.93. The molecule has 0 atom stereocenters.